The fraction of sp³-hybridized carbons (Fsp3) is 0.737. The summed E-state index contributed by atoms with van der Waals surface area (Å²) in [7, 11) is 0. The Balaban J connectivity index is 1.47. The van der Waals surface area contributed by atoms with E-state index in [-0.39, 0.29) is 11.8 Å². The minimum atomic E-state index is 0.124. The second-order valence-electron chi connectivity index (χ2n) is 7.38. The number of nitrogens with zero attached hydrogens (tertiary/aromatic N) is 4. The fourth-order valence-corrected chi connectivity index (χ4v) is 4.10. The molecule has 1 atom stereocenters. The number of aryl methyl sites for hydroxylation is 2. The number of rotatable bonds is 5. The predicted molar refractivity (Wildman–Crippen MR) is 99.7 cm³/mol. The Labute approximate surface area is 151 Å². The van der Waals surface area contributed by atoms with Gasteiger partial charge in [-0.05, 0) is 58.7 Å². The maximum absolute atomic E-state index is 12.5. The van der Waals surface area contributed by atoms with E-state index >= 15 is 0 Å². The number of aromatic nitrogens is 2. The SMILES string of the molecule is CCN1CCC[C@H]1CNC(=O)C1CCN(c2nc(C)cc(C)n2)CC1. The lowest BCUT2D eigenvalue weighted by Gasteiger charge is -2.32. The highest BCUT2D eigenvalue weighted by molar-refractivity contribution is 5.79. The van der Waals surface area contributed by atoms with Crippen LogP contribution in [0.3, 0.4) is 0 Å². The molecule has 6 heteroatoms. The van der Waals surface area contributed by atoms with E-state index in [1.165, 1.54) is 19.4 Å². The molecular formula is C19H31N5O. The smallest absolute Gasteiger partial charge is 0.225 e. The molecule has 1 aromatic rings. The molecule has 1 N–H and O–H groups in total. The Hall–Kier alpha value is -1.69. The molecule has 0 aromatic carbocycles. The summed E-state index contributed by atoms with van der Waals surface area (Å²) < 4.78 is 0. The van der Waals surface area contributed by atoms with Crippen molar-refractivity contribution in [2.45, 2.75) is 52.5 Å². The number of carbonyl (C=O) groups excluding carboxylic acids is 1. The fourth-order valence-electron chi connectivity index (χ4n) is 4.10. The van der Waals surface area contributed by atoms with Gasteiger partial charge in [0.1, 0.15) is 0 Å². The number of anilines is 1. The van der Waals surface area contributed by atoms with Gasteiger partial charge in [0.15, 0.2) is 0 Å². The summed E-state index contributed by atoms with van der Waals surface area (Å²) in [5.41, 5.74) is 2.00. The van der Waals surface area contributed by atoms with Crippen molar-refractivity contribution in [3.63, 3.8) is 0 Å². The summed E-state index contributed by atoms with van der Waals surface area (Å²) >= 11 is 0. The van der Waals surface area contributed by atoms with E-state index < -0.39 is 0 Å². The molecule has 2 saturated heterocycles. The number of amides is 1. The average molecular weight is 345 g/mol. The molecule has 0 unspecified atom stereocenters. The second kappa shape index (κ2) is 8.13. The lowest BCUT2D eigenvalue weighted by molar-refractivity contribution is -0.125. The third-order valence-corrected chi connectivity index (χ3v) is 5.54. The Morgan fingerprint density at radius 1 is 1.16 bits per heavy atom. The first-order valence-electron chi connectivity index (χ1n) is 9.65. The van der Waals surface area contributed by atoms with Crippen molar-refractivity contribution in [2.24, 2.45) is 5.92 Å². The van der Waals surface area contributed by atoms with Crippen LogP contribution in [0.25, 0.3) is 0 Å². The summed E-state index contributed by atoms with van der Waals surface area (Å²) in [5.74, 6) is 1.16. The third-order valence-electron chi connectivity index (χ3n) is 5.54. The molecule has 25 heavy (non-hydrogen) atoms. The molecule has 1 amide bonds. The zero-order chi connectivity index (χ0) is 17.8. The molecule has 0 saturated carbocycles. The van der Waals surface area contributed by atoms with Gasteiger partial charge in [0.25, 0.3) is 0 Å². The van der Waals surface area contributed by atoms with Gasteiger partial charge in [-0.1, -0.05) is 6.92 Å². The van der Waals surface area contributed by atoms with Crippen molar-refractivity contribution < 1.29 is 4.79 Å². The highest BCUT2D eigenvalue weighted by Gasteiger charge is 2.28. The molecule has 138 valence electrons. The van der Waals surface area contributed by atoms with Crippen LogP contribution in [0.5, 0.6) is 0 Å². The van der Waals surface area contributed by atoms with Gasteiger partial charge in [0, 0.05) is 43.0 Å². The maximum Gasteiger partial charge on any atom is 0.225 e. The van der Waals surface area contributed by atoms with Crippen molar-refractivity contribution in [1.82, 2.24) is 20.2 Å². The van der Waals surface area contributed by atoms with Crippen LogP contribution in [0.4, 0.5) is 5.95 Å². The van der Waals surface area contributed by atoms with E-state index in [4.69, 9.17) is 0 Å². The first-order valence-corrected chi connectivity index (χ1v) is 9.65. The molecule has 0 spiro atoms. The summed E-state index contributed by atoms with van der Waals surface area (Å²) in [4.78, 5) is 26.3. The van der Waals surface area contributed by atoms with Gasteiger partial charge in [-0.2, -0.15) is 0 Å². The monoisotopic (exact) mass is 345 g/mol. The number of piperidine rings is 1. The Morgan fingerprint density at radius 3 is 2.48 bits per heavy atom. The van der Waals surface area contributed by atoms with E-state index in [0.717, 1.165) is 56.4 Å². The van der Waals surface area contributed by atoms with Gasteiger partial charge in [0.05, 0.1) is 0 Å². The summed E-state index contributed by atoms with van der Waals surface area (Å²) in [6.45, 7) is 11.0. The van der Waals surface area contributed by atoms with E-state index in [2.05, 4.69) is 32.0 Å². The van der Waals surface area contributed by atoms with Crippen LogP contribution >= 0.6 is 0 Å². The number of likely N-dealkylation sites (tertiary alicyclic amines) is 1. The maximum atomic E-state index is 12.5. The number of hydrogen-bond acceptors (Lipinski definition) is 5. The molecule has 0 aliphatic carbocycles. The van der Waals surface area contributed by atoms with E-state index in [0.29, 0.717) is 6.04 Å². The van der Waals surface area contributed by atoms with Gasteiger partial charge in [-0.15, -0.1) is 0 Å². The highest BCUT2D eigenvalue weighted by Crippen LogP contribution is 2.22. The largest absolute Gasteiger partial charge is 0.354 e. The Bertz CT molecular complexity index is 577. The van der Waals surface area contributed by atoms with Crippen molar-refractivity contribution in [3.05, 3.63) is 17.5 Å². The predicted octanol–water partition coefficient (Wildman–Crippen LogP) is 1.91. The minimum absolute atomic E-state index is 0.124. The first kappa shape index (κ1) is 18.1. The minimum Gasteiger partial charge on any atom is -0.354 e. The van der Waals surface area contributed by atoms with Gasteiger partial charge in [-0.3, -0.25) is 9.69 Å². The zero-order valence-corrected chi connectivity index (χ0v) is 15.8. The average Bonchev–Trinajstić information content (AvgIpc) is 3.06. The molecule has 1 aromatic heterocycles. The van der Waals surface area contributed by atoms with Gasteiger partial charge < -0.3 is 10.2 Å². The normalized spacial score (nSPS) is 22.4. The number of carbonyl (C=O) groups is 1. The van der Waals surface area contributed by atoms with Crippen LogP contribution < -0.4 is 10.2 Å². The summed E-state index contributed by atoms with van der Waals surface area (Å²) in [6, 6.07) is 2.52. The number of nitrogens with one attached hydrogen (secondary N) is 1. The molecule has 2 aliphatic rings. The van der Waals surface area contributed by atoms with Crippen molar-refractivity contribution in [3.8, 4) is 0 Å². The first-order chi connectivity index (χ1) is 12.1. The molecule has 2 aliphatic heterocycles. The third kappa shape index (κ3) is 4.48. The molecule has 3 heterocycles. The van der Waals surface area contributed by atoms with Gasteiger partial charge >= 0.3 is 0 Å². The van der Waals surface area contributed by atoms with E-state index in [1.54, 1.807) is 0 Å². The molecular weight excluding hydrogens is 314 g/mol. The van der Waals surface area contributed by atoms with Gasteiger partial charge in [0.2, 0.25) is 11.9 Å². The number of likely N-dealkylation sites (N-methyl/N-ethyl adjacent to an activating group) is 1. The van der Waals surface area contributed by atoms with Crippen LogP contribution in [0.2, 0.25) is 0 Å². The van der Waals surface area contributed by atoms with Crippen molar-refractivity contribution in [2.75, 3.05) is 37.6 Å². The molecule has 0 radical (unpaired) electrons. The van der Waals surface area contributed by atoms with E-state index in [9.17, 15) is 4.79 Å². The molecule has 3 rings (SSSR count). The van der Waals surface area contributed by atoms with Crippen LogP contribution in [0.15, 0.2) is 6.07 Å². The standard InChI is InChI=1S/C19H31N5O/c1-4-23-9-5-6-17(23)13-20-18(25)16-7-10-24(11-8-16)19-21-14(2)12-15(3)22-19/h12,16-17H,4-11,13H2,1-3H3,(H,20,25)/t17-/m0/s1. The number of hydrogen-bond donors (Lipinski definition) is 1. The topological polar surface area (TPSA) is 61.4 Å². The van der Waals surface area contributed by atoms with Crippen molar-refractivity contribution in [1.29, 1.82) is 0 Å². The molecule has 6 nitrogen and oxygen atoms in total. The highest BCUT2D eigenvalue weighted by atomic mass is 16.1. The van der Waals surface area contributed by atoms with Crippen molar-refractivity contribution >= 4 is 11.9 Å². The summed E-state index contributed by atoms with van der Waals surface area (Å²) in [5, 5.41) is 3.20. The lowest BCUT2D eigenvalue weighted by atomic mass is 9.96. The molecule has 0 bridgehead atoms. The van der Waals surface area contributed by atoms with Gasteiger partial charge in [-0.25, -0.2) is 9.97 Å². The summed E-state index contributed by atoms with van der Waals surface area (Å²) in [6.07, 6.45) is 4.22. The van der Waals surface area contributed by atoms with Crippen LogP contribution in [0.1, 0.15) is 44.0 Å². The lowest BCUT2D eigenvalue weighted by Crippen LogP contribution is -2.45. The van der Waals surface area contributed by atoms with Crippen LogP contribution in [-0.4, -0.2) is 59.5 Å². The van der Waals surface area contributed by atoms with E-state index in [1.807, 2.05) is 19.9 Å². The van der Waals surface area contributed by atoms with Crippen LogP contribution in [-0.2, 0) is 4.79 Å². The molecule has 2 fully saturated rings. The Morgan fingerprint density at radius 2 is 1.84 bits per heavy atom. The second-order valence-corrected chi connectivity index (χ2v) is 7.38. The zero-order valence-electron chi connectivity index (χ0n) is 15.8. The quantitative estimate of drug-likeness (QED) is 0.883. The van der Waals surface area contributed by atoms with Crippen LogP contribution in [0, 0.1) is 19.8 Å². The Kier molecular flexibility index (Phi) is 5.89.